The Morgan fingerprint density at radius 3 is 2.53 bits per heavy atom. The summed E-state index contributed by atoms with van der Waals surface area (Å²) in [4.78, 5) is 57.5. The number of rotatable bonds is 4. The van der Waals surface area contributed by atoms with E-state index in [1.807, 2.05) is 21.6 Å². The third-order valence-electron chi connectivity index (χ3n) is 17.0. The van der Waals surface area contributed by atoms with Crippen molar-refractivity contribution < 1.29 is 28.7 Å². The lowest BCUT2D eigenvalue weighted by Crippen LogP contribution is -2.54. The summed E-state index contributed by atoms with van der Waals surface area (Å²) in [7, 11) is 3.91. The summed E-state index contributed by atoms with van der Waals surface area (Å²) in [5.41, 5.74) is 3.77. The number of nitrogens with zero attached hydrogens (tertiary/aromatic N) is 1. The quantitative estimate of drug-likeness (QED) is 0.162. The molecule has 12 aliphatic rings. The van der Waals surface area contributed by atoms with Crippen LogP contribution in [0, 0.1) is 52.3 Å². The standard InChI is InChI=1S/C48H57N3O6S2/c1-2-47(19-5-6-20-47)24-35-33-11-10-32-31-17-21-48(43(32)42(33)45(54)56-35)37-14-12-30-29-8-4-3-7-27(29)9-13-36(30)59-58-26-50-38-23-28(18-22-49-38)34(41(31)44(48)46(55)57-37)25-51-39(52)15-16-40(51)53/h14-16,18,23-24,27,29-32,34,36,43,49-50H,2-13,17,19-22,25-26H2,1H3. The number of hydrogen-bond donors (Lipinski definition) is 2. The Labute approximate surface area is 355 Å². The van der Waals surface area contributed by atoms with E-state index in [4.69, 9.17) is 9.47 Å². The van der Waals surface area contributed by atoms with E-state index in [2.05, 4.69) is 41.9 Å². The summed E-state index contributed by atoms with van der Waals surface area (Å²) in [6.45, 7) is 3.00. The van der Waals surface area contributed by atoms with Crippen LogP contribution in [0.4, 0.5) is 0 Å². The summed E-state index contributed by atoms with van der Waals surface area (Å²) >= 11 is 0. The first-order chi connectivity index (χ1) is 28.8. The van der Waals surface area contributed by atoms with E-state index >= 15 is 4.79 Å². The first kappa shape index (κ1) is 38.5. The van der Waals surface area contributed by atoms with Crippen LogP contribution >= 0.6 is 21.6 Å². The molecule has 7 bridgehead atoms. The summed E-state index contributed by atoms with van der Waals surface area (Å²) in [5, 5.41) is 7.70. The maximum absolute atomic E-state index is 15.0. The molecule has 7 aliphatic carbocycles. The number of allylic oxidation sites excluding steroid dienone is 5. The molecule has 12 rings (SSSR count). The first-order valence-corrected chi connectivity index (χ1v) is 25.2. The highest BCUT2D eigenvalue weighted by molar-refractivity contribution is 8.76. The fourth-order valence-corrected chi connectivity index (χ4v) is 17.1. The number of hydrogen-bond acceptors (Lipinski definition) is 10. The van der Waals surface area contributed by atoms with E-state index in [-0.39, 0.29) is 53.5 Å². The molecular weight excluding hydrogens is 779 g/mol. The zero-order valence-corrected chi connectivity index (χ0v) is 35.9. The first-order valence-electron chi connectivity index (χ1n) is 22.9. The number of carbonyl (C=O) groups is 4. The highest BCUT2D eigenvalue weighted by atomic mass is 33.1. The number of carbonyl (C=O) groups excluding carboxylic acids is 4. The van der Waals surface area contributed by atoms with E-state index in [0.717, 1.165) is 103 Å². The second-order valence-electron chi connectivity index (χ2n) is 19.4. The second kappa shape index (κ2) is 14.9. The number of imide groups is 1. The molecule has 312 valence electrons. The molecule has 1 saturated heterocycles. The lowest BCUT2D eigenvalue weighted by molar-refractivity contribution is -0.138. The third-order valence-corrected chi connectivity index (χ3v) is 19.8. The molecule has 0 aromatic carbocycles. The Morgan fingerprint density at radius 2 is 1.69 bits per heavy atom. The van der Waals surface area contributed by atoms with Gasteiger partial charge in [-0.05, 0) is 135 Å². The van der Waals surface area contributed by atoms with Crippen LogP contribution in [0.15, 0.2) is 81.7 Å². The normalized spacial score (nSPS) is 39.1. The zero-order chi connectivity index (χ0) is 40.0. The van der Waals surface area contributed by atoms with Gasteiger partial charge < -0.3 is 20.1 Å². The van der Waals surface area contributed by atoms with Crippen LogP contribution in [0.1, 0.15) is 110 Å². The largest absolute Gasteiger partial charge is 0.427 e. The molecule has 5 aliphatic heterocycles. The summed E-state index contributed by atoms with van der Waals surface area (Å²) in [5.74, 6) is 3.30. The Kier molecular flexibility index (Phi) is 9.70. The van der Waals surface area contributed by atoms with Crippen molar-refractivity contribution >= 4 is 45.3 Å². The Morgan fingerprint density at radius 1 is 0.864 bits per heavy atom. The summed E-state index contributed by atoms with van der Waals surface area (Å²) < 4.78 is 13.1. The van der Waals surface area contributed by atoms with Crippen LogP contribution in [0.25, 0.3) is 0 Å². The van der Waals surface area contributed by atoms with Crippen molar-refractivity contribution in [2.45, 2.75) is 115 Å². The van der Waals surface area contributed by atoms with Crippen LogP contribution in [-0.2, 0) is 28.7 Å². The fraction of sp³-hybridized carbons (Fsp3) is 0.625. The highest BCUT2D eigenvalue weighted by Gasteiger charge is 2.69. The van der Waals surface area contributed by atoms with Gasteiger partial charge in [0.25, 0.3) is 11.8 Å². The smallest absolute Gasteiger partial charge is 0.340 e. The maximum Gasteiger partial charge on any atom is 0.340 e. The van der Waals surface area contributed by atoms with Crippen LogP contribution < -0.4 is 10.6 Å². The summed E-state index contributed by atoms with van der Waals surface area (Å²) in [6, 6.07) is 0. The van der Waals surface area contributed by atoms with Gasteiger partial charge in [-0.1, -0.05) is 66.7 Å². The van der Waals surface area contributed by atoms with Crippen molar-refractivity contribution in [2.75, 3.05) is 19.0 Å². The van der Waals surface area contributed by atoms with Crippen LogP contribution in [0.2, 0.25) is 0 Å². The molecule has 0 aromatic rings. The molecule has 9 unspecified atom stereocenters. The molecule has 2 N–H and O–H groups in total. The monoisotopic (exact) mass is 835 g/mol. The Hall–Kier alpha value is -3.44. The minimum atomic E-state index is -0.819. The Balaban J connectivity index is 1.11. The van der Waals surface area contributed by atoms with E-state index in [0.29, 0.717) is 29.2 Å². The van der Waals surface area contributed by atoms with Gasteiger partial charge >= 0.3 is 11.9 Å². The van der Waals surface area contributed by atoms with Gasteiger partial charge in [0.15, 0.2) is 0 Å². The predicted molar refractivity (Wildman–Crippen MR) is 228 cm³/mol. The minimum absolute atomic E-state index is 0.0154. The number of cyclic esters (lactones) is 1. The molecule has 59 heavy (non-hydrogen) atoms. The van der Waals surface area contributed by atoms with Gasteiger partial charge in [0.05, 0.1) is 22.7 Å². The van der Waals surface area contributed by atoms with Gasteiger partial charge in [0.1, 0.15) is 11.5 Å². The molecule has 9 atom stereocenters. The molecule has 1 spiro atoms. The number of ether oxygens (including phenoxy) is 2. The number of nitrogens with one attached hydrogen (secondary N) is 2. The lowest BCUT2D eigenvalue weighted by Gasteiger charge is -2.57. The average molecular weight is 836 g/mol. The molecule has 11 heteroatoms. The zero-order valence-electron chi connectivity index (χ0n) is 34.2. The van der Waals surface area contributed by atoms with Crippen molar-refractivity contribution in [3.63, 3.8) is 0 Å². The van der Waals surface area contributed by atoms with Crippen molar-refractivity contribution in [1.82, 2.24) is 15.5 Å². The molecule has 0 radical (unpaired) electrons. The van der Waals surface area contributed by atoms with Crippen molar-refractivity contribution in [3.05, 3.63) is 81.7 Å². The van der Waals surface area contributed by atoms with E-state index in [1.54, 1.807) is 0 Å². The number of esters is 2. The van der Waals surface area contributed by atoms with Crippen LogP contribution in [-0.4, -0.2) is 52.9 Å². The molecule has 5 fully saturated rings. The van der Waals surface area contributed by atoms with Gasteiger partial charge in [-0.3, -0.25) is 14.5 Å². The minimum Gasteiger partial charge on any atom is -0.427 e. The average Bonchev–Trinajstić information content (AvgIpc) is 4.02. The van der Waals surface area contributed by atoms with E-state index in [9.17, 15) is 14.4 Å². The van der Waals surface area contributed by atoms with E-state index < -0.39 is 11.3 Å². The maximum atomic E-state index is 15.0. The number of amides is 2. The summed E-state index contributed by atoms with van der Waals surface area (Å²) in [6.07, 6.45) is 29.0. The SMILES string of the molecule is CCC1(C=C2OC(=O)C3=C2CCC2C4CCC5(C6=CCC7C(CCC8CCCCC87)SSCNC7=CC(=CCN7)C(CN7C(=O)C=CC7=O)C4=C5C(=O)O6)C32)CCCC1. The molecule has 4 saturated carbocycles. The number of fused-ring (bicyclic) bond motifs is 5. The molecule has 5 heterocycles. The van der Waals surface area contributed by atoms with E-state index in [1.165, 1.54) is 68.4 Å². The van der Waals surface area contributed by atoms with Crippen molar-refractivity contribution in [3.8, 4) is 0 Å². The fourth-order valence-electron chi connectivity index (χ4n) is 14.3. The van der Waals surface area contributed by atoms with Crippen LogP contribution in [0.5, 0.6) is 0 Å². The number of dihydropyridines is 1. The molecule has 2 amide bonds. The van der Waals surface area contributed by atoms with Crippen molar-refractivity contribution in [2.24, 2.45) is 52.3 Å². The third kappa shape index (κ3) is 6.07. The molecule has 0 aromatic heterocycles. The topological polar surface area (TPSA) is 114 Å². The second-order valence-corrected chi connectivity index (χ2v) is 22.0. The predicted octanol–water partition coefficient (Wildman–Crippen LogP) is 8.70. The van der Waals surface area contributed by atoms with Gasteiger partial charge in [-0.25, -0.2) is 9.59 Å². The van der Waals surface area contributed by atoms with Gasteiger partial charge in [0, 0.05) is 53.5 Å². The van der Waals surface area contributed by atoms with Crippen molar-refractivity contribution in [1.29, 1.82) is 0 Å². The molecule has 9 nitrogen and oxygen atoms in total. The molecular formula is C48H57N3O6S2. The van der Waals surface area contributed by atoms with Crippen LogP contribution in [0.3, 0.4) is 0 Å². The van der Waals surface area contributed by atoms with Gasteiger partial charge in [-0.2, -0.15) is 0 Å². The van der Waals surface area contributed by atoms with Gasteiger partial charge in [0.2, 0.25) is 0 Å². The lowest BCUT2D eigenvalue weighted by atomic mass is 9.43. The highest BCUT2D eigenvalue weighted by Crippen LogP contribution is 2.72. The van der Waals surface area contributed by atoms with Gasteiger partial charge in [-0.15, -0.1) is 0 Å². The Bertz CT molecular complexity index is 2090.